The molecule has 0 spiro atoms. The first-order chi connectivity index (χ1) is 13.0. The molecule has 0 bridgehead atoms. The second-order valence-corrected chi connectivity index (χ2v) is 7.85. The summed E-state index contributed by atoms with van der Waals surface area (Å²) in [7, 11) is 0. The number of carbonyl (C=O) groups is 1. The average molecular weight is 371 g/mol. The number of aromatic nitrogens is 2. The number of hydrogen-bond acceptors (Lipinski definition) is 5. The fourth-order valence-corrected chi connectivity index (χ4v) is 4.11. The van der Waals surface area contributed by atoms with Gasteiger partial charge in [0.2, 0.25) is 17.7 Å². The van der Waals surface area contributed by atoms with E-state index in [9.17, 15) is 9.90 Å². The summed E-state index contributed by atoms with van der Waals surface area (Å²) < 4.78 is 5.70. The van der Waals surface area contributed by atoms with Crippen LogP contribution in [0.4, 0.5) is 0 Å². The van der Waals surface area contributed by atoms with Gasteiger partial charge in [-0.2, -0.15) is 0 Å². The zero-order valence-electron chi connectivity index (χ0n) is 16.2. The van der Waals surface area contributed by atoms with Crippen molar-refractivity contribution >= 4 is 5.91 Å². The van der Waals surface area contributed by atoms with Crippen LogP contribution in [0.1, 0.15) is 51.8 Å². The van der Waals surface area contributed by atoms with Crippen molar-refractivity contribution in [1.82, 2.24) is 15.1 Å². The third-order valence-electron chi connectivity index (χ3n) is 5.25. The summed E-state index contributed by atoms with van der Waals surface area (Å²) in [5, 5.41) is 18.1. The normalized spacial score (nSPS) is 19.8. The van der Waals surface area contributed by atoms with Gasteiger partial charge in [-0.05, 0) is 43.7 Å². The van der Waals surface area contributed by atoms with Gasteiger partial charge in [0.1, 0.15) is 0 Å². The first-order valence-electron chi connectivity index (χ1n) is 9.83. The van der Waals surface area contributed by atoms with E-state index in [1.165, 1.54) is 0 Å². The van der Waals surface area contributed by atoms with Crippen LogP contribution in [0.5, 0.6) is 0 Å². The molecule has 3 rings (SSSR count). The maximum atomic E-state index is 12.8. The van der Waals surface area contributed by atoms with Crippen molar-refractivity contribution in [3.63, 3.8) is 0 Å². The Kier molecular flexibility index (Phi) is 6.26. The molecule has 1 aromatic heterocycles. The maximum Gasteiger partial charge on any atom is 0.247 e. The fourth-order valence-electron chi connectivity index (χ4n) is 4.11. The van der Waals surface area contributed by atoms with Gasteiger partial charge in [0.15, 0.2) is 0 Å². The lowest BCUT2D eigenvalue weighted by atomic mass is 9.87. The summed E-state index contributed by atoms with van der Waals surface area (Å²) in [6.07, 6.45) is 4.37. The molecule has 6 heteroatoms. The molecule has 0 saturated carbocycles. The summed E-state index contributed by atoms with van der Waals surface area (Å²) in [5.41, 5.74) is 0.516. The van der Waals surface area contributed by atoms with Crippen LogP contribution in [-0.2, 0) is 11.2 Å². The monoisotopic (exact) mass is 371 g/mol. The number of nitrogens with zero attached hydrogens (tertiary/aromatic N) is 3. The lowest BCUT2D eigenvalue weighted by molar-refractivity contribution is -0.137. The summed E-state index contributed by atoms with van der Waals surface area (Å²) in [5.74, 6) is 1.62. The van der Waals surface area contributed by atoms with E-state index >= 15 is 0 Å². The Balaban J connectivity index is 1.54. The SMILES string of the molecule is CC(C)C[C@@]1(CO)CCCN1C(=O)CCCc1nnc(-c2ccccc2)o1. The number of hydrogen-bond donors (Lipinski definition) is 1. The largest absolute Gasteiger partial charge is 0.421 e. The van der Waals surface area contributed by atoms with Crippen molar-refractivity contribution in [2.75, 3.05) is 13.2 Å². The predicted molar refractivity (Wildman–Crippen MR) is 103 cm³/mol. The molecule has 1 aliphatic heterocycles. The Labute approximate surface area is 160 Å². The van der Waals surface area contributed by atoms with E-state index in [1.807, 2.05) is 35.2 Å². The minimum atomic E-state index is -0.379. The van der Waals surface area contributed by atoms with Gasteiger partial charge in [-0.3, -0.25) is 4.79 Å². The van der Waals surface area contributed by atoms with Crippen molar-refractivity contribution < 1.29 is 14.3 Å². The topological polar surface area (TPSA) is 79.5 Å². The van der Waals surface area contributed by atoms with Gasteiger partial charge in [0.05, 0.1) is 12.1 Å². The number of aliphatic hydroxyl groups is 1. The van der Waals surface area contributed by atoms with Gasteiger partial charge in [-0.25, -0.2) is 0 Å². The number of aryl methyl sites for hydroxylation is 1. The van der Waals surface area contributed by atoms with E-state index in [0.29, 0.717) is 37.0 Å². The van der Waals surface area contributed by atoms with Crippen molar-refractivity contribution in [1.29, 1.82) is 0 Å². The second-order valence-electron chi connectivity index (χ2n) is 7.85. The zero-order chi connectivity index (χ0) is 19.3. The molecule has 2 aromatic rings. The minimum Gasteiger partial charge on any atom is -0.421 e. The highest BCUT2D eigenvalue weighted by Crippen LogP contribution is 2.35. The van der Waals surface area contributed by atoms with Crippen LogP contribution >= 0.6 is 0 Å². The molecule has 2 heterocycles. The summed E-state index contributed by atoms with van der Waals surface area (Å²) >= 11 is 0. The van der Waals surface area contributed by atoms with Crippen molar-refractivity contribution in [2.45, 2.75) is 57.9 Å². The fraction of sp³-hybridized carbons (Fsp3) is 0.571. The Morgan fingerprint density at radius 3 is 2.78 bits per heavy atom. The molecule has 1 N–H and O–H groups in total. The van der Waals surface area contributed by atoms with Crippen molar-refractivity contribution in [3.05, 3.63) is 36.2 Å². The van der Waals surface area contributed by atoms with E-state index in [0.717, 1.165) is 31.4 Å². The highest BCUT2D eigenvalue weighted by atomic mass is 16.4. The third kappa shape index (κ3) is 4.56. The van der Waals surface area contributed by atoms with Crippen LogP contribution < -0.4 is 0 Å². The highest BCUT2D eigenvalue weighted by Gasteiger charge is 2.42. The van der Waals surface area contributed by atoms with Gasteiger partial charge in [-0.1, -0.05) is 32.0 Å². The van der Waals surface area contributed by atoms with Gasteiger partial charge < -0.3 is 14.4 Å². The van der Waals surface area contributed by atoms with E-state index in [2.05, 4.69) is 24.0 Å². The average Bonchev–Trinajstić information content (AvgIpc) is 3.29. The van der Waals surface area contributed by atoms with Gasteiger partial charge in [0, 0.05) is 24.9 Å². The molecule has 1 atom stereocenters. The molecule has 0 aliphatic carbocycles. The van der Waals surface area contributed by atoms with E-state index in [1.54, 1.807) is 0 Å². The summed E-state index contributed by atoms with van der Waals surface area (Å²) in [4.78, 5) is 14.7. The minimum absolute atomic E-state index is 0.0427. The van der Waals surface area contributed by atoms with E-state index in [-0.39, 0.29) is 18.1 Å². The Morgan fingerprint density at radius 2 is 2.07 bits per heavy atom. The molecule has 0 radical (unpaired) electrons. The molecular formula is C21H29N3O3. The Bertz CT molecular complexity index is 744. The van der Waals surface area contributed by atoms with Crippen LogP contribution in [0.3, 0.4) is 0 Å². The van der Waals surface area contributed by atoms with Crippen molar-refractivity contribution in [2.24, 2.45) is 5.92 Å². The van der Waals surface area contributed by atoms with Gasteiger partial charge in [0.25, 0.3) is 0 Å². The zero-order valence-corrected chi connectivity index (χ0v) is 16.2. The molecule has 1 fully saturated rings. The number of benzene rings is 1. The molecule has 6 nitrogen and oxygen atoms in total. The predicted octanol–water partition coefficient (Wildman–Crippen LogP) is 3.46. The first-order valence-corrected chi connectivity index (χ1v) is 9.83. The van der Waals surface area contributed by atoms with E-state index < -0.39 is 0 Å². The van der Waals surface area contributed by atoms with Crippen LogP contribution in [0.25, 0.3) is 11.5 Å². The Morgan fingerprint density at radius 1 is 1.30 bits per heavy atom. The van der Waals surface area contributed by atoms with Gasteiger partial charge >= 0.3 is 0 Å². The summed E-state index contributed by atoms with van der Waals surface area (Å²) in [6.45, 7) is 5.06. The Hall–Kier alpha value is -2.21. The smallest absolute Gasteiger partial charge is 0.247 e. The van der Waals surface area contributed by atoms with Crippen LogP contribution in [0, 0.1) is 5.92 Å². The number of rotatable bonds is 8. The number of carbonyl (C=O) groups excluding carboxylic acids is 1. The van der Waals surface area contributed by atoms with Crippen LogP contribution in [-0.4, -0.2) is 44.8 Å². The molecular weight excluding hydrogens is 342 g/mol. The highest BCUT2D eigenvalue weighted by molar-refractivity contribution is 5.77. The quantitative estimate of drug-likeness (QED) is 0.769. The molecule has 1 aliphatic rings. The lowest BCUT2D eigenvalue weighted by Crippen LogP contribution is -2.50. The molecule has 1 saturated heterocycles. The standard InChI is InChI=1S/C21H29N3O3/c1-16(2)14-21(15-25)12-7-13-24(21)19(26)11-6-10-18-22-23-20(27-18)17-8-4-3-5-9-17/h3-5,8-9,16,25H,6-7,10-15H2,1-2H3/t21-/m1/s1. The summed E-state index contributed by atoms with van der Waals surface area (Å²) in [6, 6.07) is 9.65. The molecule has 1 amide bonds. The lowest BCUT2D eigenvalue weighted by Gasteiger charge is -2.38. The first kappa shape index (κ1) is 19.5. The van der Waals surface area contributed by atoms with Gasteiger partial charge in [-0.15, -0.1) is 10.2 Å². The number of aliphatic hydroxyl groups excluding tert-OH is 1. The van der Waals surface area contributed by atoms with E-state index in [4.69, 9.17) is 4.42 Å². The maximum absolute atomic E-state index is 12.8. The third-order valence-corrected chi connectivity index (χ3v) is 5.25. The van der Waals surface area contributed by atoms with Crippen LogP contribution in [0.15, 0.2) is 34.7 Å². The van der Waals surface area contributed by atoms with Crippen LogP contribution in [0.2, 0.25) is 0 Å². The molecule has 0 unspecified atom stereocenters. The molecule has 1 aromatic carbocycles. The number of likely N-dealkylation sites (tertiary alicyclic amines) is 1. The number of amides is 1. The second kappa shape index (κ2) is 8.65. The molecule has 146 valence electrons. The molecule has 27 heavy (non-hydrogen) atoms. The van der Waals surface area contributed by atoms with Crippen molar-refractivity contribution in [3.8, 4) is 11.5 Å².